The van der Waals surface area contributed by atoms with E-state index in [0.717, 1.165) is 18.2 Å². The first-order valence-electron chi connectivity index (χ1n) is 10.1. The molecule has 1 fully saturated rings. The lowest BCUT2D eigenvalue weighted by Gasteiger charge is -2.46. The summed E-state index contributed by atoms with van der Waals surface area (Å²) in [5, 5.41) is 5.21. The Kier molecular flexibility index (Phi) is 11.0. The average Bonchev–Trinajstić information content (AvgIpc) is 2.66. The van der Waals surface area contributed by atoms with E-state index in [1.165, 1.54) is 14.0 Å². The van der Waals surface area contributed by atoms with Gasteiger partial charge in [0.05, 0.1) is 13.0 Å². The van der Waals surface area contributed by atoms with Crippen molar-refractivity contribution in [2.75, 3.05) is 32.6 Å². The number of amides is 2. The quantitative estimate of drug-likeness (QED) is 0.341. The molecule has 0 radical (unpaired) electrons. The smallest absolute Gasteiger partial charge is 0.283 e. The van der Waals surface area contributed by atoms with Crippen LogP contribution in [0.2, 0.25) is 0 Å². The maximum Gasteiger partial charge on any atom is 0.283 e. The molecule has 1 rings (SSSR count). The Balaban J connectivity index is 2.39. The number of ether oxygens (including phenoxy) is 3. The molecule has 2 atom stereocenters. The summed E-state index contributed by atoms with van der Waals surface area (Å²) in [7, 11) is 1.49. The van der Waals surface area contributed by atoms with Gasteiger partial charge < -0.3 is 24.8 Å². The largest absolute Gasteiger partial charge is 0.355 e. The van der Waals surface area contributed by atoms with Crippen LogP contribution in [-0.4, -0.2) is 67.3 Å². The Bertz CT molecular complexity index is 626. The van der Waals surface area contributed by atoms with Crippen LogP contribution < -0.4 is 10.6 Å². The number of ketones is 1. The number of nitrogens with one attached hydrogen (secondary N) is 2. The number of carbonyl (C=O) groups is 4. The summed E-state index contributed by atoms with van der Waals surface area (Å²) in [4.78, 5) is 46.8. The minimum absolute atomic E-state index is 0.0993. The predicted molar refractivity (Wildman–Crippen MR) is 113 cm³/mol. The molecule has 1 unspecified atom stereocenters. The summed E-state index contributed by atoms with van der Waals surface area (Å²) in [6.45, 7) is 7.86. The van der Waals surface area contributed by atoms with Crippen LogP contribution in [0.15, 0.2) is 0 Å². The Morgan fingerprint density at radius 3 is 2.47 bits per heavy atom. The third-order valence-corrected chi connectivity index (χ3v) is 5.38. The van der Waals surface area contributed by atoms with Gasteiger partial charge in [-0.1, -0.05) is 32.5 Å². The van der Waals surface area contributed by atoms with Crippen LogP contribution in [-0.2, 0) is 33.4 Å². The maximum absolute atomic E-state index is 12.7. The van der Waals surface area contributed by atoms with E-state index in [2.05, 4.69) is 10.6 Å². The first kappa shape index (κ1) is 26.5. The van der Waals surface area contributed by atoms with Crippen molar-refractivity contribution in [3.8, 4) is 0 Å². The number of carbonyl (C=O) groups excluding carboxylic acids is 4. The summed E-state index contributed by atoms with van der Waals surface area (Å²) in [5.41, 5.74) is -0.550. The minimum Gasteiger partial charge on any atom is -0.355 e. The van der Waals surface area contributed by atoms with E-state index >= 15 is 0 Å². The monoisotopic (exact) mass is 446 g/mol. The minimum atomic E-state index is -1.23. The van der Waals surface area contributed by atoms with Crippen LogP contribution in [0.3, 0.4) is 0 Å². The molecule has 1 heterocycles. The van der Waals surface area contributed by atoms with Crippen molar-refractivity contribution in [3.63, 3.8) is 0 Å². The molecule has 0 aromatic rings. The molecule has 9 nitrogen and oxygen atoms in total. The normalized spacial score (nSPS) is 22.9. The van der Waals surface area contributed by atoms with Crippen molar-refractivity contribution < 1.29 is 33.4 Å². The molecule has 0 aromatic heterocycles. The van der Waals surface area contributed by atoms with Crippen LogP contribution in [0.1, 0.15) is 53.4 Å². The Labute approximate surface area is 182 Å². The molecule has 0 bridgehead atoms. The van der Waals surface area contributed by atoms with Gasteiger partial charge in [0, 0.05) is 44.2 Å². The van der Waals surface area contributed by atoms with Gasteiger partial charge in [0.15, 0.2) is 5.12 Å². The van der Waals surface area contributed by atoms with Gasteiger partial charge in [-0.2, -0.15) is 0 Å². The van der Waals surface area contributed by atoms with Gasteiger partial charge in [-0.15, -0.1) is 0 Å². The van der Waals surface area contributed by atoms with E-state index in [1.807, 2.05) is 20.8 Å². The molecule has 0 spiro atoms. The summed E-state index contributed by atoms with van der Waals surface area (Å²) in [6.07, 6.45) is 0.494. The summed E-state index contributed by atoms with van der Waals surface area (Å²) in [5.74, 6) is -1.58. The highest BCUT2D eigenvalue weighted by Gasteiger charge is 2.49. The lowest BCUT2D eigenvalue weighted by molar-refractivity contribution is -0.425. The fourth-order valence-corrected chi connectivity index (χ4v) is 3.63. The van der Waals surface area contributed by atoms with Gasteiger partial charge in [-0.05, 0) is 13.3 Å². The summed E-state index contributed by atoms with van der Waals surface area (Å²) in [6, 6.07) is 0. The molecule has 0 aromatic carbocycles. The standard InChI is InChI=1S/C20H34N2O7S/c1-6-8-20(27-5)28-13-19(3,4)17(29-20)18(26)22-9-7-15(24)21-10-11-30-16(25)12-14(2)23/h17H,6-13H2,1-5H3,(H,21,24)(H,22,26)/t17-,20?/m0/s1. The topological polar surface area (TPSA) is 120 Å². The average molecular weight is 447 g/mol. The zero-order valence-electron chi connectivity index (χ0n) is 18.5. The van der Waals surface area contributed by atoms with Gasteiger partial charge in [0.1, 0.15) is 11.9 Å². The number of thioether (sulfide) groups is 1. The van der Waals surface area contributed by atoms with E-state index in [-0.39, 0.29) is 42.1 Å². The van der Waals surface area contributed by atoms with E-state index in [4.69, 9.17) is 14.2 Å². The highest BCUT2D eigenvalue weighted by Crippen LogP contribution is 2.37. The predicted octanol–water partition coefficient (Wildman–Crippen LogP) is 1.39. The van der Waals surface area contributed by atoms with Crippen molar-refractivity contribution in [1.82, 2.24) is 10.6 Å². The first-order valence-corrected chi connectivity index (χ1v) is 11.1. The van der Waals surface area contributed by atoms with Gasteiger partial charge in [0.2, 0.25) is 11.8 Å². The molecular formula is C20H34N2O7S. The molecule has 2 amide bonds. The molecule has 10 heteroatoms. The second-order valence-electron chi connectivity index (χ2n) is 7.90. The SMILES string of the molecule is CCCC1(OC)OCC(C)(C)[C@H](C(=O)NCCC(=O)NCCSC(=O)CC(C)=O)O1. The Hall–Kier alpha value is -1.49. The van der Waals surface area contributed by atoms with Gasteiger partial charge in [-0.3, -0.25) is 19.2 Å². The van der Waals surface area contributed by atoms with Crippen molar-refractivity contribution in [3.05, 3.63) is 0 Å². The van der Waals surface area contributed by atoms with Crippen LogP contribution >= 0.6 is 11.8 Å². The summed E-state index contributed by atoms with van der Waals surface area (Å²) >= 11 is 1.02. The van der Waals surface area contributed by atoms with Crippen molar-refractivity contribution in [2.24, 2.45) is 5.41 Å². The lowest BCUT2D eigenvalue weighted by Crippen LogP contribution is -2.59. The van der Waals surface area contributed by atoms with E-state index < -0.39 is 17.5 Å². The molecule has 1 saturated heterocycles. The van der Waals surface area contributed by atoms with E-state index in [0.29, 0.717) is 25.3 Å². The zero-order valence-corrected chi connectivity index (χ0v) is 19.3. The molecule has 0 aliphatic carbocycles. The molecule has 1 aliphatic rings. The van der Waals surface area contributed by atoms with Crippen LogP contribution in [0, 0.1) is 5.41 Å². The fourth-order valence-electron chi connectivity index (χ4n) is 2.89. The second-order valence-corrected chi connectivity index (χ2v) is 9.05. The van der Waals surface area contributed by atoms with Crippen molar-refractivity contribution >= 4 is 34.5 Å². The molecule has 30 heavy (non-hydrogen) atoms. The zero-order chi connectivity index (χ0) is 22.8. The Morgan fingerprint density at radius 1 is 1.17 bits per heavy atom. The molecule has 2 N–H and O–H groups in total. The number of hydrogen-bond donors (Lipinski definition) is 2. The van der Waals surface area contributed by atoms with E-state index in [1.54, 1.807) is 0 Å². The van der Waals surface area contributed by atoms with Crippen molar-refractivity contribution in [2.45, 2.75) is 65.5 Å². The third kappa shape index (κ3) is 8.71. The fraction of sp³-hybridized carbons (Fsp3) is 0.800. The van der Waals surface area contributed by atoms with Crippen LogP contribution in [0.5, 0.6) is 0 Å². The third-order valence-electron chi connectivity index (χ3n) is 4.51. The highest BCUT2D eigenvalue weighted by molar-refractivity contribution is 8.13. The van der Waals surface area contributed by atoms with Gasteiger partial charge in [0.25, 0.3) is 5.97 Å². The maximum atomic E-state index is 12.7. The molecule has 0 saturated carbocycles. The van der Waals surface area contributed by atoms with Gasteiger partial charge >= 0.3 is 0 Å². The lowest BCUT2D eigenvalue weighted by atomic mass is 9.85. The number of hydrogen-bond acceptors (Lipinski definition) is 8. The van der Waals surface area contributed by atoms with Crippen LogP contribution in [0.4, 0.5) is 0 Å². The highest BCUT2D eigenvalue weighted by atomic mass is 32.2. The van der Waals surface area contributed by atoms with Crippen molar-refractivity contribution in [1.29, 1.82) is 0 Å². The second kappa shape index (κ2) is 12.4. The summed E-state index contributed by atoms with van der Waals surface area (Å²) < 4.78 is 17.1. The van der Waals surface area contributed by atoms with Crippen LogP contribution in [0.25, 0.3) is 0 Å². The molecule has 1 aliphatic heterocycles. The van der Waals surface area contributed by atoms with Gasteiger partial charge in [-0.25, -0.2) is 0 Å². The Morgan fingerprint density at radius 2 is 1.87 bits per heavy atom. The van der Waals surface area contributed by atoms with E-state index in [9.17, 15) is 19.2 Å². The number of methoxy groups -OCH3 is 1. The number of Topliss-reactive ketones (excluding diaryl/α,β-unsaturated/α-hetero) is 1. The number of rotatable bonds is 12. The molecular weight excluding hydrogens is 412 g/mol. The molecule has 172 valence electrons. The first-order chi connectivity index (χ1) is 14.0.